The highest BCUT2D eigenvalue weighted by atomic mass is 79.9. The molecule has 1 N–H and O–H groups in total. The molecule has 1 aromatic rings. The highest BCUT2D eigenvalue weighted by molar-refractivity contribution is 9.10. The number of benzene rings is 1. The summed E-state index contributed by atoms with van der Waals surface area (Å²) in [5.41, 5.74) is 0. The van der Waals surface area contributed by atoms with E-state index in [1.165, 1.54) is 23.6 Å². The summed E-state index contributed by atoms with van der Waals surface area (Å²) in [7, 11) is -3.50. The monoisotopic (exact) mass is 457 g/mol. The van der Waals surface area contributed by atoms with Crippen LogP contribution in [0.25, 0.3) is 0 Å². The Balaban J connectivity index is 1.55. The molecule has 0 radical (unpaired) electrons. The molecule has 0 spiro atoms. The summed E-state index contributed by atoms with van der Waals surface area (Å²) in [6.07, 6.45) is 5.77. The fraction of sp³-hybridized carbons (Fsp3) is 0.632. The fourth-order valence-electron chi connectivity index (χ4n) is 3.84. The number of carbonyl (C=O) groups excluding carboxylic acids is 1. The van der Waals surface area contributed by atoms with Gasteiger partial charge in [-0.1, -0.05) is 41.3 Å². The van der Waals surface area contributed by atoms with Gasteiger partial charge in [0, 0.05) is 36.7 Å². The van der Waals surface area contributed by atoms with E-state index in [0.717, 1.165) is 17.3 Å². The molecule has 1 saturated heterocycles. The fourth-order valence-corrected chi connectivity index (χ4v) is 5.86. The lowest BCUT2D eigenvalue weighted by molar-refractivity contribution is -0.127. The summed E-state index contributed by atoms with van der Waals surface area (Å²) in [5, 5.41) is 3.17. The summed E-state index contributed by atoms with van der Waals surface area (Å²) < 4.78 is 27.9. The number of rotatable bonds is 5. The van der Waals surface area contributed by atoms with Gasteiger partial charge in [-0.05, 0) is 38.0 Å². The van der Waals surface area contributed by atoms with Gasteiger partial charge in [0.05, 0.1) is 10.9 Å². The maximum Gasteiger partial charge on any atom is 0.243 e. The molecule has 1 amide bonds. The van der Waals surface area contributed by atoms with Gasteiger partial charge in [0.1, 0.15) is 0 Å². The van der Waals surface area contributed by atoms with E-state index in [1.54, 1.807) is 18.2 Å². The van der Waals surface area contributed by atoms with E-state index >= 15 is 0 Å². The normalized spacial score (nSPS) is 21.7. The Morgan fingerprint density at radius 2 is 1.81 bits per heavy atom. The quantitative estimate of drug-likeness (QED) is 0.737. The number of nitrogens with one attached hydrogen (secondary N) is 1. The molecular formula is C19H28BrN3O3S. The molecular weight excluding hydrogens is 430 g/mol. The molecule has 2 fully saturated rings. The summed E-state index contributed by atoms with van der Waals surface area (Å²) in [6.45, 7) is 3.83. The van der Waals surface area contributed by atoms with E-state index in [1.807, 2.05) is 13.0 Å². The van der Waals surface area contributed by atoms with Crippen molar-refractivity contribution in [2.75, 3.05) is 26.2 Å². The lowest BCUT2D eigenvalue weighted by Gasteiger charge is -2.37. The second-order valence-corrected chi connectivity index (χ2v) is 10.3. The van der Waals surface area contributed by atoms with Crippen LogP contribution in [0, 0.1) is 0 Å². The molecule has 8 heteroatoms. The van der Waals surface area contributed by atoms with Crippen molar-refractivity contribution in [2.24, 2.45) is 0 Å². The summed E-state index contributed by atoms with van der Waals surface area (Å²) >= 11 is 3.33. The summed E-state index contributed by atoms with van der Waals surface area (Å²) in [4.78, 5) is 14.9. The van der Waals surface area contributed by atoms with Crippen LogP contribution >= 0.6 is 15.9 Å². The Labute approximate surface area is 170 Å². The highest BCUT2D eigenvalue weighted by Gasteiger charge is 2.32. The molecule has 6 nitrogen and oxygen atoms in total. The molecule has 1 unspecified atom stereocenters. The van der Waals surface area contributed by atoms with Gasteiger partial charge < -0.3 is 5.32 Å². The Bertz CT molecular complexity index is 757. The first-order valence-electron chi connectivity index (χ1n) is 9.68. The zero-order valence-electron chi connectivity index (χ0n) is 15.7. The number of hydrogen-bond donors (Lipinski definition) is 1. The van der Waals surface area contributed by atoms with Gasteiger partial charge in [-0.3, -0.25) is 9.69 Å². The van der Waals surface area contributed by atoms with Gasteiger partial charge in [-0.15, -0.1) is 0 Å². The SMILES string of the molecule is CC(C(=O)NC1CCCCC1)N1CCN(S(=O)(=O)c2cccc(Br)c2)CC1. The zero-order chi connectivity index (χ0) is 19.4. The van der Waals surface area contributed by atoms with Crippen LogP contribution in [0.1, 0.15) is 39.0 Å². The van der Waals surface area contributed by atoms with E-state index in [0.29, 0.717) is 37.1 Å². The maximum atomic E-state index is 12.8. The number of nitrogens with zero attached hydrogens (tertiary/aromatic N) is 2. The minimum Gasteiger partial charge on any atom is -0.352 e. The van der Waals surface area contributed by atoms with E-state index < -0.39 is 10.0 Å². The molecule has 1 saturated carbocycles. The van der Waals surface area contributed by atoms with Crippen molar-refractivity contribution in [1.82, 2.24) is 14.5 Å². The van der Waals surface area contributed by atoms with Gasteiger partial charge in [-0.25, -0.2) is 8.42 Å². The number of halogens is 1. The first-order valence-corrected chi connectivity index (χ1v) is 11.9. The van der Waals surface area contributed by atoms with Gasteiger partial charge in [0.25, 0.3) is 0 Å². The lowest BCUT2D eigenvalue weighted by atomic mass is 9.95. The number of sulfonamides is 1. The van der Waals surface area contributed by atoms with Crippen molar-refractivity contribution in [3.63, 3.8) is 0 Å². The molecule has 3 rings (SSSR count). The van der Waals surface area contributed by atoms with Gasteiger partial charge in [-0.2, -0.15) is 4.31 Å². The van der Waals surface area contributed by atoms with Gasteiger partial charge in [0.15, 0.2) is 0 Å². The van der Waals surface area contributed by atoms with Crippen LogP contribution < -0.4 is 5.32 Å². The van der Waals surface area contributed by atoms with Crippen molar-refractivity contribution < 1.29 is 13.2 Å². The minimum atomic E-state index is -3.50. The Morgan fingerprint density at radius 1 is 1.15 bits per heavy atom. The largest absolute Gasteiger partial charge is 0.352 e. The lowest BCUT2D eigenvalue weighted by Crippen LogP contribution is -2.55. The van der Waals surface area contributed by atoms with Crippen molar-refractivity contribution in [2.45, 2.75) is 56.0 Å². The Kier molecular flexibility index (Phi) is 6.94. The number of carbonyl (C=O) groups is 1. The number of amides is 1. The van der Waals surface area contributed by atoms with Gasteiger partial charge in [0.2, 0.25) is 15.9 Å². The molecule has 1 aromatic carbocycles. The third kappa shape index (κ3) is 5.10. The van der Waals surface area contributed by atoms with E-state index in [4.69, 9.17) is 0 Å². The first-order chi connectivity index (χ1) is 12.9. The predicted octanol–water partition coefficient (Wildman–Crippen LogP) is 2.59. The van der Waals surface area contributed by atoms with Crippen LogP contribution in [-0.4, -0.2) is 61.8 Å². The second-order valence-electron chi connectivity index (χ2n) is 7.42. The Morgan fingerprint density at radius 3 is 2.44 bits per heavy atom. The smallest absolute Gasteiger partial charge is 0.243 e. The van der Waals surface area contributed by atoms with Crippen molar-refractivity contribution >= 4 is 31.9 Å². The number of piperazine rings is 1. The van der Waals surface area contributed by atoms with Crippen LogP contribution in [0.2, 0.25) is 0 Å². The summed E-state index contributed by atoms with van der Waals surface area (Å²) in [6, 6.07) is 6.85. The third-order valence-corrected chi connectivity index (χ3v) is 7.97. The van der Waals surface area contributed by atoms with Crippen molar-refractivity contribution in [3.05, 3.63) is 28.7 Å². The van der Waals surface area contributed by atoms with E-state index in [2.05, 4.69) is 26.1 Å². The first kappa shape index (κ1) is 20.8. The maximum absolute atomic E-state index is 12.8. The second kappa shape index (κ2) is 9.03. The highest BCUT2D eigenvalue weighted by Crippen LogP contribution is 2.22. The van der Waals surface area contributed by atoms with Crippen LogP contribution in [0.5, 0.6) is 0 Å². The standard InChI is InChI=1S/C19H28BrN3O3S/c1-15(19(24)21-17-7-3-2-4-8-17)22-10-12-23(13-11-22)27(25,26)18-9-5-6-16(20)14-18/h5-6,9,14-15,17H,2-4,7-8,10-13H2,1H3,(H,21,24). The zero-order valence-corrected chi connectivity index (χ0v) is 18.1. The average molecular weight is 458 g/mol. The van der Waals surface area contributed by atoms with Crippen molar-refractivity contribution in [3.8, 4) is 0 Å². The molecule has 2 aliphatic rings. The molecule has 150 valence electrons. The van der Waals surface area contributed by atoms with Gasteiger partial charge >= 0.3 is 0 Å². The molecule has 1 aliphatic heterocycles. The van der Waals surface area contributed by atoms with Crippen LogP contribution in [0.4, 0.5) is 0 Å². The van der Waals surface area contributed by atoms with Crippen LogP contribution in [0.15, 0.2) is 33.6 Å². The molecule has 0 aromatic heterocycles. The number of hydrogen-bond acceptors (Lipinski definition) is 4. The summed E-state index contributed by atoms with van der Waals surface area (Å²) in [5.74, 6) is 0.0604. The molecule has 1 atom stereocenters. The van der Waals surface area contributed by atoms with E-state index in [9.17, 15) is 13.2 Å². The third-order valence-electron chi connectivity index (χ3n) is 5.59. The average Bonchev–Trinajstić information content (AvgIpc) is 2.68. The van der Waals surface area contributed by atoms with Crippen molar-refractivity contribution in [1.29, 1.82) is 0 Å². The molecule has 27 heavy (non-hydrogen) atoms. The molecule has 0 bridgehead atoms. The minimum absolute atomic E-state index is 0.0604. The van der Waals surface area contributed by atoms with Crippen LogP contribution in [0.3, 0.4) is 0 Å². The Hall–Kier alpha value is -0.960. The predicted molar refractivity (Wildman–Crippen MR) is 109 cm³/mol. The molecule has 1 heterocycles. The topological polar surface area (TPSA) is 69.7 Å². The van der Waals surface area contributed by atoms with Crippen LogP contribution in [-0.2, 0) is 14.8 Å². The molecule has 1 aliphatic carbocycles. The van der Waals surface area contributed by atoms with E-state index in [-0.39, 0.29) is 11.9 Å².